The Labute approximate surface area is 247 Å². The molecule has 1 heterocycles. The first-order chi connectivity index (χ1) is 19.7. The number of H-pyrrole nitrogens is 1. The molecule has 0 aliphatic heterocycles. The van der Waals surface area contributed by atoms with Crippen molar-refractivity contribution in [2.75, 3.05) is 45.2 Å². The molecular formula is C33H39ClN4O3. The molecule has 1 N–H and O–H groups in total. The smallest absolute Gasteiger partial charge is 0.260 e. The molecule has 4 rings (SSSR count). The van der Waals surface area contributed by atoms with Crippen LogP contribution in [0.25, 0.3) is 10.9 Å². The number of rotatable bonds is 13. The SMILES string of the molecule is CC(C)CN(CC(=O)N(CCc1c[nH]c2ccccc12)Cc1ccc(N(C)C)cc1)C(=O)COc1ccc(Cl)cc1. The molecule has 0 saturated carbocycles. The number of halogens is 1. The predicted octanol–water partition coefficient (Wildman–Crippen LogP) is 6.02. The standard InChI is InChI=1S/C33H39ClN4O3/c1-24(2)20-38(33(40)23-41-29-15-11-27(34)12-16-29)22-32(39)37(21-25-9-13-28(14-10-25)36(3)4)18-17-26-19-35-31-8-6-5-7-30(26)31/h5-16,19,24,35H,17-18,20-23H2,1-4H3. The molecule has 0 unspecified atom stereocenters. The Morgan fingerprint density at radius 1 is 0.902 bits per heavy atom. The highest BCUT2D eigenvalue weighted by atomic mass is 35.5. The molecule has 1 aromatic heterocycles. The summed E-state index contributed by atoms with van der Waals surface area (Å²) >= 11 is 5.96. The molecule has 7 nitrogen and oxygen atoms in total. The number of benzene rings is 3. The van der Waals surface area contributed by atoms with Crippen LogP contribution in [0, 0.1) is 5.92 Å². The molecule has 8 heteroatoms. The van der Waals surface area contributed by atoms with Crippen molar-refractivity contribution in [2.24, 2.45) is 5.92 Å². The van der Waals surface area contributed by atoms with Gasteiger partial charge in [-0.2, -0.15) is 0 Å². The zero-order chi connectivity index (χ0) is 29.4. The Hall–Kier alpha value is -3.97. The van der Waals surface area contributed by atoms with Crippen molar-refractivity contribution in [3.05, 3.63) is 95.1 Å². The summed E-state index contributed by atoms with van der Waals surface area (Å²) in [4.78, 5) is 35.9. The lowest BCUT2D eigenvalue weighted by molar-refractivity contribution is -0.142. The van der Waals surface area contributed by atoms with Crippen LogP contribution in [0.1, 0.15) is 25.0 Å². The van der Waals surface area contributed by atoms with Crippen molar-refractivity contribution in [1.82, 2.24) is 14.8 Å². The first kappa shape index (κ1) is 30.0. The number of amides is 2. The van der Waals surface area contributed by atoms with Gasteiger partial charge in [0.15, 0.2) is 6.61 Å². The number of fused-ring (bicyclic) bond motifs is 1. The molecule has 0 spiro atoms. The van der Waals surface area contributed by atoms with E-state index >= 15 is 0 Å². The average molecular weight is 575 g/mol. The van der Waals surface area contributed by atoms with Crippen molar-refractivity contribution >= 4 is 40.0 Å². The van der Waals surface area contributed by atoms with Crippen molar-refractivity contribution in [2.45, 2.75) is 26.8 Å². The Morgan fingerprint density at radius 2 is 1.61 bits per heavy atom. The molecule has 0 atom stereocenters. The summed E-state index contributed by atoms with van der Waals surface area (Å²) in [5, 5.41) is 1.76. The molecule has 4 aromatic rings. The van der Waals surface area contributed by atoms with Crippen LogP contribution >= 0.6 is 11.6 Å². The quantitative estimate of drug-likeness (QED) is 0.212. The van der Waals surface area contributed by atoms with Crippen LogP contribution in [0.5, 0.6) is 5.75 Å². The van der Waals surface area contributed by atoms with Gasteiger partial charge in [0, 0.05) is 61.5 Å². The third kappa shape index (κ3) is 8.51. The van der Waals surface area contributed by atoms with E-state index in [0.717, 1.165) is 27.7 Å². The van der Waals surface area contributed by atoms with Crippen molar-refractivity contribution in [1.29, 1.82) is 0 Å². The van der Waals surface area contributed by atoms with Crippen LogP contribution in [0.3, 0.4) is 0 Å². The number of nitrogens with zero attached hydrogens (tertiary/aromatic N) is 3. The fraction of sp³-hybridized carbons (Fsp3) is 0.333. The van der Waals surface area contributed by atoms with Crippen LogP contribution in [0.4, 0.5) is 5.69 Å². The van der Waals surface area contributed by atoms with E-state index in [1.54, 1.807) is 29.2 Å². The third-order valence-corrected chi connectivity index (χ3v) is 7.20. The normalized spacial score (nSPS) is 11.1. The second-order valence-corrected chi connectivity index (χ2v) is 11.3. The number of carbonyl (C=O) groups excluding carboxylic acids is 2. The topological polar surface area (TPSA) is 68.9 Å². The largest absolute Gasteiger partial charge is 0.484 e. The molecule has 41 heavy (non-hydrogen) atoms. The van der Waals surface area contributed by atoms with Gasteiger partial charge in [0.2, 0.25) is 5.91 Å². The molecule has 0 aliphatic rings. The van der Waals surface area contributed by atoms with Crippen LogP contribution in [-0.2, 0) is 22.6 Å². The van der Waals surface area contributed by atoms with E-state index in [4.69, 9.17) is 16.3 Å². The van der Waals surface area contributed by atoms with E-state index in [0.29, 0.717) is 36.8 Å². The zero-order valence-corrected chi connectivity index (χ0v) is 25.0. The Bertz CT molecular complexity index is 1430. The molecular weight excluding hydrogens is 536 g/mol. The molecule has 3 aromatic carbocycles. The number of aromatic nitrogens is 1. The summed E-state index contributed by atoms with van der Waals surface area (Å²) in [6.45, 7) is 5.36. The van der Waals surface area contributed by atoms with Gasteiger partial charge in [-0.3, -0.25) is 9.59 Å². The molecule has 0 fully saturated rings. The molecule has 2 amide bonds. The average Bonchev–Trinajstić information content (AvgIpc) is 3.37. The molecule has 0 bridgehead atoms. The third-order valence-electron chi connectivity index (χ3n) is 6.95. The van der Waals surface area contributed by atoms with Gasteiger partial charge >= 0.3 is 0 Å². The van der Waals surface area contributed by atoms with E-state index in [-0.39, 0.29) is 30.9 Å². The number of hydrogen-bond donors (Lipinski definition) is 1. The Morgan fingerprint density at radius 3 is 2.29 bits per heavy atom. The van der Waals surface area contributed by atoms with Gasteiger partial charge in [0.25, 0.3) is 5.91 Å². The Kier molecular flexibility index (Phi) is 10.3. The zero-order valence-electron chi connectivity index (χ0n) is 24.3. The van der Waals surface area contributed by atoms with Gasteiger partial charge in [-0.15, -0.1) is 0 Å². The van der Waals surface area contributed by atoms with Crippen LogP contribution in [-0.4, -0.2) is 66.9 Å². The van der Waals surface area contributed by atoms with Crippen molar-refractivity contribution < 1.29 is 14.3 Å². The molecule has 0 radical (unpaired) electrons. The lowest BCUT2D eigenvalue weighted by Crippen LogP contribution is -2.46. The summed E-state index contributed by atoms with van der Waals surface area (Å²) in [5.74, 6) is 0.427. The van der Waals surface area contributed by atoms with E-state index < -0.39 is 0 Å². The minimum absolute atomic E-state index is 0.00927. The van der Waals surface area contributed by atoms with E-state index in [1.165, 1.54) is 0 Å². The van der Waals surface area contributed by atoms with E-state index in [9.17, 15) is 9.59 Å². The number of aromatic amines is 1. The van der Waals surface area contributed by atoms with Crippen LogP contribution in [0.2, 0.25) is 5.02 Å². The van der Waals surface area contributed by atoms with E-state index in [1.807, 2.05) is 56.1 Å². The number of para-hydroxylation sites is 1. The van der Waals surface area contributed by atoms with Gasteiger partial charge < -0.3 is 24.4 Å². The van der Waals surface area contributed by atoms with Gasteiger partial charge in [0.1, 0.15) is 5.75 Å². The fourth-order valence-corrected chi connectivity index (χ4v) is 4.86. The first-order valence-electron chi connectivity index (χ1n) is 13.9. The number of ether oxygens (including phenoxy) is 1. The van der Waals surface area contributed by atoms with Gasteiger partial charge in [0.05, 0.1) is 6.54 Å². The lowest BCUT2D eigenvalue weighted by Gasteiger charge is -2.29. The predicted molar refractivity (Wildman–Crippen MR) is 167 cm³/mol. The highest BCUT2D eigenvalue weighted by Crippen LogP contribution is 2.20. The minimum Gasteiger partial charge on any atom is -0.484 e. The second-order valence-electron chi connectivity index (χ2n) is 10.9. The van der Waals surface area contributed by atoms with Crippen LogP contribution in [0.15, 0.2) is 79.0 Å². The maximum atomic E-state index is 13.8. The van der Waals surface area contributed by atoms with Crippen molar-refractivity contribution in [3.8, 4) is 5.75 Å². The number of nitrogens with one attached hydrogen (secondary N) is 1. The van der Waals surface area contributed by atoms with Gasteiger partial charge in [-0.1, -0.05) is 55.8 Å². The van der Waals surface area contributed by atoms with Gasteiger partial charge in [-0.05, 0) is 65.9 Å². The number of anilines is 1. The monoisotopic (exact) mass is 574 g/mol. The molecule has 0 aliphatic carbocycles. The maximum absolute atomic E-state index is 13.8. The summed E-state index contributed by atoms with van der Waals surface area (Å²) in [7, 11) is 4.01. The number of hydrogen-bond acceptors (Lipinski definition) is 4. The highest BCUT2D eigenvalue weighted by molar-refractivity contribution is 6.30. The van der Waals surface area contributed by atoms with Crippen molar-refractivity contribution in [3.63, 3.8) is 0 Å². The fourth-order valence-electron chi connectivity index (χ4n) is 4.73. The number of carbonyl (C=O) groups is 2. The van der Waals surface area contributed by atoms with E-state index in [2.05, 4.69) is 41.4 Å². The minimum atomic E-state index is -0.228. The summed E-state index contributed by atoms with van der Waals surface area (Å²) < 4.78 is 5.71. The maximum Gasteiger partial charge on any atom is 0.260 e. The summed E-state index contributed by atoms with van der Waals surface area (Å²) in [6.07, 6.45) is 2.71. The van der Waals surface area contributed by atoms with Crippen LogP contribution < -0.4 is 9.64 Å². The molecule has 216 valence electrons. The Balaban J connectivity index is 1.49. The highest BCUT2D eigenvalue weighted by Gasteiger charge is 2.23. The summed E-state index contributed by atoms with van der Waals surface area (Å²) in [6, 6.07) is 23.3. The summed E-state index contributed by atoms with van der Waals surface area (Å²) in [5.41, 5.74) is 4.37. The van der Waals surface area contributed by atoms with Gasteiger partial charge in [-0.25, -0.2) is 0 Å². The second kappa shape index (κ2) is 14.1. The first-order valence-corrected chi connectivity index (χ1v) is 14.3. The molecule has 0 saturated heterocycles. The lowest BCUT2D eigenvalue weighted by atomic mass is 10.1.